The minimum Gasteiger partial charge on any atom is -0.491 e. The summed E-state index contributed by atoms with van der Waals surface area (Å²) in [6.07, 6.45) is 0. The third-order valence-electron chi connectivity index (χ3n) is 2.42. The Balaban J connectivity index is 3.02. The summed E-state index contributed by atoms with van der Waals surface area (Å²) in [6.45, 7) is 1.04. The zero-order chi connectivity index (χ0) is 14.3. The highest BCUT2D eigenvalue weighted by Gasteiger charge is 2.17. The molecule has 0 aromatic heterocycles. The average Bonchev–Trinajstić information content (AvgIpc) is 2.46. The lowest BCUT2D eigenvalue weighted by Gasteiger charge is -2.11. The molecule has 1 aromatic carbocycles. The summed E-state index contributed by atoms with van der Waals surface area (Å²) in [5, 5.41) is 2.92. The maximum absolute atomic E-state index is 11.7. The van der Waals surface area contributed by atoms with Gasteiger partial charge in [0.1, 0.15) is 17.9 Å². The van der Waals surface area contributed by atoms with Gasteiger partial charge >= 0.3 is 11.9 Å². The van der Waals surface area contributed by atoms with Gasteiger partial charge in [-0.1, -0.05) is 0 Å². The number of rotatable bonds is 6. The molecular weight excluding hydrogens is 250 g/mol. The molecule has 0 saturated heterocycles. The summed E-state index contributed by atoms with van der Waals surface area (Å²) in [4.78, 5) is 23.1. The van der Waals surface area contributed by atoms with E-state index in [1.807, 2.05) is 0 Å². The molecule has 0 aliphatic rings. The van der Waals surface area contributed by atoms with Gasteiger partial charge in [0, 0.05) is 6.54 Å². The summed E-state index contributed by atoms with van der Waals surface area (Å²) in [5.74, 6) is -0.716. The quantitative estimate of drug-likeness (QED) is 0.608. The van der Waals surface area contributed by atoms with E-state index in [0.717, 1.165) is 0 Å². The van der Waals surface area contributed by atoms with E-state index in [0.29, 0.717) is 18.9 Å². The van der Waals surface area contributed by atoms with Crippen molar-refractivity contribution in [3.8, 4) is 5.75 Å². The number of nitrogens with one attached hydrogen (secondary N) is 1. The lowest BCUT2D eigenvalue weighted by Crippen LogP contribution is -2.17. The van der Waals surface area contributed by atoms with Crippen molar-refractivity contribution in [2.75, 3.05) is 34.4 Å². The highest BCUT2D eigenvalue weighted by Crippen LogP contribution is 2.21. The number of carbonyl (C=O) groups is 2. The van der Waals surface area contributed by atoms with Gasteiger partial charge in [0.25, 0.3) is 0 Å². The van der Waals surface area contributed by atoms with Gasteiger partial charge in [-0.2, -0.15) is 0 Å². The maximum Gasteiger partial charge on any atom is 0.341 e. The number of benzene rings is 1. The van der Waals surface area contributed by atoms with E-state index in [9.17, 15) is 9.59 Å². The van der Waals surface area contributed by atoms with Crippen LogP contribution in [0.3, 0.4) is 0 Å². The van der Waals surface area contributed by atoms with Crippen LogP contribution in [0.15, 0.2) is 18.2 Å². The van der Waals surface area contributed by atoms with E-state index in [-0.39, 0.29) is 11.1 Å². The van der Waals surface area contributed by atoms with Crippen LogP contribution in [0.2, 0.25) is 0 Å². The first kappa shape index (κ1) is 15.0. The van der Waals surface area contributed by atoms with Crippen molar-refractivity contribution in [3.05, 3.63) is 29.3 Å². The first-order valence-electron chi connectivity index (χ1n) is 5.72. The molecule has 0 saturated carbocycles. The number of carbonyl (C=O) groups excluding carboxylic acids is 2. The van der Waals surface area contributed by atoms with Gasteiger partial charge in [-0.25, -0.2) is 9.59 Å². The summed E-state index contributed by atoms with van der Waals surface area (Å²) in [5.41, 5.74) is 0.463. The molecule has 6 heteroatoms. The van der Waals surface area contributed by atoms with E-state index >= 15 is 0 Å². The molecule has 0 aliphatic heterocycles. The fourth-order valence-electron chi connectivity index (χ4n) is 1.43. The Labute approximate surface area is 111 Å². The minimum atomic E-state index is -0.565. The Morgan fingerprint density at radius 1 is 1.16 bits per heavy atom. The van der Waals surface area contributed by atoms with Crippen LogP contribution in [0.5, 0.6) is 5.75 Å². The topological polar surface area (TPSA) is 73.9 Å². The minimum absolute atomic E-state index is 0.196. The van der Waals surface area contributed by atoms with Crippen molar-refractivity contribution < 1.29 is 23.8 Å². The van der Waals surface area contributed by atoms with E-state index in [1.165, 1.54) is 26.4 Å². The van der Waals surface area contributed by atoms with Gasteiger partial charge in [0.15, 0.2) is 0 Å². The Morgan fingerprint density at radius 3 is 2.42 bits per heavy atom. The molecular formula is C13H17NO5. The van der Waals surface area contributed by atoms with Crippen molar-refractivity contribution in [3.63, 3.8) is 0 Å². The predicted octanol–water partition coefficient (Wildman–Crippen LogP) is 0.858. The van der Waals surface area contributed by atoms with Gasteiger partial charge in [0.05, 0.1) is 19.8 Å². The van der Waals surface area contributed by atoms with Crippen LogP contribution < -0.4 is 10.1 Å². The molecule has 0 heterocycles. The molecule has 0 fully saturated rings. The Bertz CT molecular complexity index is 458. The molecule has 1 rings (SSSR count). The number of hydrogen-bond donors (Lipinski definition) is 1. The SMILES string of the molecule is CNCCOc1ccc(C(=O)OC)cc1C(=O)OC. The van der Waals surface area contributed by atoms with Crippen LogP contribution >= 0.6 is 0 Å². The van der Waals surface area contributed by atoms with Crippen molar-refractivity contribution in [2.45, 2.75) is 0 Å². The van der Waals surface area contributed by atoms with E-state index < -0.39 is 11.9 Å². The zero-order valence-electron chi connectivity index (χ0n) is 11.2. The van der Waals surface area contributed by atoms with Crippen LogP contribution in [0.4, 0.5) is 0 Å². The van der Waals surface area contributed by atoms with Gasteiger partial charge in [-0.05, 0) is 25.2 Å². The summed E-state index contributed by atoms with van der Waals surface area (Å²) < 4.78 is 14.7. The third-order valence-corrected chi connectivity index (χ3v) is 2.42. The first-order valence-corrected chi connectivity index (χ1v) is 5.72. The summed E-state index contributed by atoms with van der Waals surface area (Å²) in [6, 6.07) is 4.48. The molecule has 0 bridgehead atoms. The largest absolute Gasteiger partial charge is 0.491 e. The van der Waals surface area contributed by atoms with E-state index in [4.69, 9.17) is 4.74 Å². The summed E-state index contributed by atoms with van der Waals surface area (Å²) in [7, 11) is 4.34. The standard InChI is InChI=1S/C13H17NO5/c1-14-6-7-19-11-5-4-9(12(15)17-2)8-10(11)13(16)18-3/h4-5,8,14H,6-7H2,1-3H3. The smallest absolute Gasteiger partial charge is 0.341 e. The lowest BCUT2D eigenvalue weighted by molar-refractivity contribution is 0.0595. The first-order chi connectivity index (χ1) is 9.13. The molecule has 0 amide bonds. The van der Waals surface area contributed by atoms with E-state index in [2.05, 4.69) is 14.8 Å². The monoisotopic (exact) mass is 267 g/mol. The molecule has 1 aromatic rings. The van der Waals surface area contributed by atoms with Crippen molar-refractivity contribution in [1.29, 1.82) is 0 Å². The van der Waals surface area contributed by atoms with Crippen LogP contribution in [0, 0.1) is 0 Å². The van der Waals surface area contributed by atoms with Crippen LogP contribution in [0.25, 0.3) is 0 Å². The Kier molecular flexibility index (Phi) is 5.81. The molecule has 19 heavy (non-hydrogen) atoms. The van der Waals surface area contributed by atoms with Gasteiger partial charge < -0.3 is 19.5 Å². The van der Waals surface area contributed by atoms with Crippen molar-refractivity contribution in [2.24, 2.45) is 0 Å². The number of methoxy groups -OCH3 is 2. The third kappa shape index (κ3) is 3.96. The zero-order valence-corrected chi connectivity index (χ0v) is 11.2. The Morgan fingerprint density at radius 2 is 1.84 bits per heavy atom. The molecule has 0 aliphatic carbocycles. The summed E-state index contributed by atoms with van der Waals surface area (Å²) >= 11 is 0. The Hall–Kier alpha value is -2.08. The molecule has 0 spiro atoms. The van der Waals surface area contributed by atoms with Crippen LogP contribution in [0.1, 0.15) is 20.7 Å². The molecule has 1 N–H and O–H groups in total. The molecule has 104 valence electrons. The van der Waals surface area contributed by atoms with Gasteiger partial charge in [-0.15, -0.1) is 0 Å². The predicted molar refractivity (Wildman–Crippen MR) is 68.5 cm³/mol. The highest BCUT2D eigenvalue weighted by molar-refractivity contribution is 5.97. The maximum atomic E-state index is 11.7. The number of likely N-dealkylation sites (N-methyl/N-ethyl adjacent to an activating group) is 1. The second-order valence-corrected chi connectivity index (χ2v) is 3.65. The molecule has 6 nitrogen and oxygen atoms in total. The molecule has 0 atom stereocenters. The lowest BCUT2D eigenvalue weighted by atomic mass is 10.1. The second kappa shape index (κ2) is 7.38. The van der Waals surface area contributed by atoms with Crippen molar-refractivity contribution >= 4 is 11.9 Å². The second-order valence-electron chi connectivity index (χ2n) is 3.65. The van der Waals surface area contributed by atoms with Gasteiger partial charge in [-0.3, -0.25) is 0 Å². The highest BCUT2D eigenvalue weighted by atomic mass is 16.5. The number of ether oxygens (including phenoxy) is 3. The van der Waals surface area contributed by atoms with Crippen molar-refractivity contribution in [1.82, 2.24) is 5.32 Å². The number of hydrogen-bond acceptors (Lipinski definition) is 6. The fraction of sp³-hybridized carbons (Fsp3) is 0.385. The normalized spacial score (nSPS) is 9.84. The van der Waals surface area contributed by atoms with Crippen LogP contribution in [-0.4, -0.2) is 46.4 Å². The fourth-order valence-corrected chi connectivity index (χ4v) is 1.43. The molecule has 0 radical (unpaired) electrons. The van der Waals surface area contributed by atoms with Gasteiger partial charge in [0.2, 0.25) is 0 Å². The van der Waals surface area contributed by atoms with Crippen LogP contribution in [-0.2, 0) is 9.47 Å². The number of esters is 2. The average molecular weight is 267 g/mol. The van der Waals surface area contributed by atoms with E-state index in [1.54, 1.807) is 13.1 Å². The molecule has 0 unspecified atom stereocenters.